The molecule has 1 aromatic rings. The average Bonchev–Trinajstić information content (AvgIpc) is 2.40. The average molecular weight is 307 g/mol. The quantitative estimate of drug-likeness (QED) is 0.769. The fourth-order valence-electron chi connectivity index (χ4n) is 1.43. The molecule has 114 valence electrons. The number of nitrogens with zero attached hydrogens (tertiary/aromatic N) is 1. The molecule has 0 aliphatic rings. The highest BCUT2D eigenvalue weighted by Crippen LogP contribution is 2.18. The minimum absolute atomic E-state index is 0.0251. The molecule has 2 N–H and O–H groups in total. The van der Waals surface area contributed by atoms with Crippen LogP contribution in [0.25, 0.3) is 0 Å². The van der Waals surface area contributed by atoms with Gasteiger partial charge in [-0.05, 0) is 6.42 Å². The summed E-state index contributed by atoms with van der Waals surface area (Å²) < 4.78 is 49.6. The third-order valence-corrected chi connectivity index (χ3v) is 4.32. The lowest BCUT2D eigenvalue weighted by molar-refractivity contribution is 0.577. The van der Waals surface area contributed by atoms with Crippen molar-refractivity contribution in [3.63, 3.8) is 0 Å². The first kappa shape index (κ1) is 16.6. The highest BCUT2D eigenvalue weighted by atomic mass is 32.2. The Morgan fingerprint density at radius 3 is 2.15 bits per heavy atom. The second kappa shape index (κ2) is 7.37. The first-order valence-electron chi connectivity index (χ1n) is 6.43. The summed E-state index contributed by atoms with van der Waals surface area (Å²) in [4.78, 5) is 3.79. The molecule has 0 radical (unpaired) electrons. The first-order chi connectivity index (χ1) is 9.39. The predicted octanol–water partition coefficient (Wildman–Crippen LogP) is 2.03. The molecule has 0 fully saturated rings. The van der Waals surface area contributed by atoms with Gasteiger partial charge in [0.05, 0.1) is 5.75 Å². The van der Waals surface area contributed by atoms with Gasteiger partial charge in [-0.1, -0.05) is 13.8 Å². The van der Waals surface area contributed by atoms with Crippen LogP contribution in [0.1, 0.15) is 20.3 Å². The maximum Gasteiger partial charge on any atom is 0.168 e. The summed E-state index contributed by atoms with van der Waals surface area (Å²) in [6.45, 7) is 3.99. The maximum absolute atomic E-state index is 13.5. The van der Waals surface area contributed by atoms with E-state index in [9.17, 15) is 17.2 Å². The summed E-state index contributed by atoms with van der Waals surface area (Å²) >= 11 is 0. The Balaban J connectivity index is 2.74. The van der Waals surface area contributed by atoms with Gasteiger partial charge in [-0.3, -0.25) is 0 Å². The second-order valence-corrected chi connectivity index (χ2v) is 6.71. The first-order valence-corrected chi connectivity index (χ1v) is 8.26. The van der Waals surface area contributed by atoms with E-state index in [4.69, 9.17) is 0 Å². The summed E-state index contributed by atoms with van der Waals surface area (Å²) in [7, 11) is -3.14. The van der Waals surface area contributed by atoms with Crippen molar-refractivity contribution in [3.8, 4) is 0 Å². The van der Waals surface area contributed by atoms with E-state index >= 15 is 0 Å². The van der Waals surface area contributed by atoms with Crippen molar-refractivity contribution in [3.05, 3.63) is 17.7 Å². The molecular weight excluding hydrogens is 288 g/mol. The number of hydrogen-bond donors (Lipinski definition) is 2. The standard InChI is InChI=1S/C12H19F2N3O2S/c1-3-5-15-11-9(13)8-10(14)12(17-11)16-6-7-20(18,19)4-2/h8H,3-7H2,1-2H3,(H2,15,16,17). The number of hydrogen-bond acceptors (Lipinski definition) is 5. The molecule has 0 aliphatic carbocycles. The van der Waals surface area contributed by atoms with Crippen LogP contribution in [0.15, 0.2) is 6.07 Å². The van der Waals surface area contributed by atoms with Crippen LogP contribution in [0.4, 0.5) is 20.4 Å². The minimum atomic E-state index is -3.14. The van der Waals surface area contributed by atoms with Gasteiger partial charge in [0.25, 0.3) is 0 Å². The van der Waals surface area contributed by atoms with Crippen LogP contribution >= 0.6 is 0 Å². The van der Waals surface area contributed by atoms with Gasteiger partial charge in [0.15, 0.2) is 33.1 Å². The topological polar surface area (TPSA) is 71.1 Å². The molecule has 0 saturated heterocycles. The van der Waals surface area contributed by atoms with E-state index < -0.39 is 21.5 Å². The van der Waals surface area contributed by atoms with Gasteiger partial charge < -0.3 is 10.6 Å². The summed E-state index contributed by atoms with van der Waals surface area (Å²) in [5, 5.41) is 5.31. The van der Waals surface area contributed by atoms with Crippen LogP contribution < -0.4 is 10.6 Å². The lowest BCUT2D eigenvalue weighted by Crippen LogP contribution is -2.18. The Morgan fingerprint density at radius 1 is 1.10 bits per heavy atom. The van der Waals surface area contributed by atoms with Gasteiger partial charge in [0.1, 0.15) is 0 Å². The molecule has 20 heavy (non-hydrogen) atoms. The zero-order valence-electron chi connectivity index (χ0n) is 11.5. The molecule has 5 nitrogen and oxygen atoms in total. The lowest BCUT2D eigenvalue weighted by atomic mass is 10.3. The summed E-state index contributed by atoms with van der Waals surface area (Å²) in [6.07, 6.45) is 0.774. The Kier molecular flexibility index (Phi) is 6.12. The third-order valence-electron chi connectivity index (χ3n) is 2.62. The Morgan fingerprint density at radius 2 is 1.65 bits per heavy atom. The fraction of sp³-hybridized carbons (Fsp3) is 0.583. The van der Waals surface area contributed by atoms with Gasteiger partial charge in [0, 0.05) is 24.9 Å². The number of aromatic nitrogens is 1. The van der Waals surface area contributed by atoms with Crippen LogP contribution in [-0.2, 0) is 9.84 Å². The van der Waals surface area contributed by atoms with E-state index in [1.807, 2.05) is 6.92 Å². The van der Waals surface area contributed by atoms with E-state index in [1.54, 1.807) is 6.92 Å². The molecule has 0 bridgehead atoms. The molecular formula is C12H19F2N3O2S. The van der Waals surface area contributed by atoms with Crippen LogP contribution in [0.2, 0.25) is 0 Å². The van der Waals surface area contributed by atoms with Crippen LogP contribution in [0, 0.1) is 11.6 Å². The van der Waals surface area contributed by atoms with Gasteiger partial charge in [-0.25, -0.2) is 22.2 Å². The highest BCUT2D eigenvalue weighted by Gasteiger charge is 2.12. The van der Waals surface area contributed by atoms with Crippen LogP contribution in [-0.4, -0.2) is 38.0 Å². The fourth-order valence-corrected chi connectivity index (χ4v) is 2.13. The normalized spacial score (nSPS) is 11.4. The summed E-state index contributed by atoms with van der Waals surface area (Å²) in [5.74, 6) is -1.93. The third kappa shape index (κ3) is 4.92. The van der Waals surface area contributed by atoms with Crippen molar-refractivity contribution in [1.29, 1.82) is 0 Å². The molecule has 0 unspecified atom stereocenters. The number of rotatable bonds is 8. The van der Waals surface area contributed by atoms with E-state index in [-0.39, 0.29) is 29.7 Å². The predicted molar refractivity (Wildman–Crippen MR) is 75.8 cm³/mol. The van der Waals surface area contributed by atoms with Crippen molar-refractivity contribution in [1.82, 2.24) is 4.98 Å². The lowest BCUT2D eigenvalue weighted by Gasteiger charge is -2.10. The summed E-state index contributed by atoms with van der Waals surface area (Å²) in [6, 6.07) is 0.724. The number of nitrogens with one attached hydrogen (secondary N) is 2. The van der Waals surface area contributed by atoms with Gasteiger partial charge >= 0.3 is 0 Å². The zero-order chi connectivity index (χ0) is 15.2. The zero-order valence-corrected chi connectivity index (χ0v) is 12.4. The van der Waals surface area contributed by atoms with E-state index in [1.165, 1.54) is 0 Å². The second-order valence-electron chi connectivity index (χ2n) is 4.24. The highest BCUT2D eigenvalue weighted by molar-refractivity contribution is 7.91. The smallest absolute Gasteiger partial charge is 0.168 e. The molecule has 0 saturated carbocycles. The van der Waals surface area contributed by atoms with E-state index in [2.05, 4.69) is 15.6 Å². The molecule has 1 heterocycles. The SMILES string of the molecule is CCCNc1nc(NCCS(=O)(=O)CC)c(F)cc1F. The Labute approximate surface area is 117 Å². The van der Waals surface area contributed by atoms with Gasteiger partial charge in [-0.2, -0.15) is 0 Å². The monoisotopic (exact) mass is 307 g/mol. The van der Waals surface area contributed by atoms with E-state index in [0.29, 0.717) is 6.54 Å². The van der Waals surface area contributed by atoms with Gasteiger partial charge in [-0.15, -0.1) is 0 Å². The maximum atomic E-state index is 13.5. The van der Waals surface area contributed by atoms with Crippen molar-refractivity contribution in [2.24, 2.45) is 0 Å². The molecule has 0 aromatic carbocycles. The van der Waals surface area contributed by atoms with Crippen molar-refractivity contribution in [2.75, 3.05) is 35.2 Å². The molecule has 1 rings (SSSR count). The van der Waals surface area contributed by atoms with E-state index in [0.717, 1.165) is 12.5 Å². The number of anilines is 2. The minimum Gasteiger partial charge on any atom is -0.368 e. The Bertz CT molecular complexity index is 550. The molecule has 1 aromatic heterocycles. The number of halogens is 2. The molecule has 0 amide bonds. The van der Waals surface area contributed by atoms with Gasteiger partial charge in [0.2, 0.25) is 0 Å². The van der Waals surface area contributed by atoms with Crippen molar-refractivity contribution in [2.45, 2.75) is 20.3 Å². The summed E-state index contributed by atoms with van der Waals surface area (Å²) in [5.41, 5.74) is 0. The molecule has 0 spiro atoms. The molecule has 0 atom stereocenters. The van der Waals surface area contributed by atoms with Crippen LogP contribution in [0.5, 0.6) is 0 Å². The Hall–Kier alpha value is -1.44. The molecule has 0 aliphatic heterocycles. The number of pyridine rings is 1. The van der Waals surface area contributed by atoms with Crippen molar-refractivity contribution < 1.29 is 17.2 Å². The van der Waals surface area contributed by atoms with Crippen LogP contribution in [0.3, 0.4) is 0 Å². The number of sulfone groups is 1. The van der Waals surface area contributed by atoms with Crippen molar-refractivity contribution >= 4 is 21.5 Å². The largest absolute Gasteiger partial charge is 0.368 e. The molecule has 8 heteroatoms.